The van der Waals surface area contributed by atoms with E-state index in [9.17, 15) is 4.79 Å². The Morgan fingerprint density at radius 2 is 1.95 bits per heavy atom. The Bertz CT molecular complexity index is 624. The van der Waals surface area contributed by atoms with Crippen LogP contribution in [0.3, 0.4) is 0 Å². The molecule has 0 spiro atoms. The first kappa shape index (κ1) is 15.4. The maximum atomic E-state index is 11.5. The summed E-state index contributed by atoms with van der Waals surface area (Å²) in [6, 6.07) is 6.80. The summed E-state index contributed by atoms with van der Waals surface area (Å²) in [5.41, 5.74) is 0.243. The average Bonchev–Trinajstić information content (AvgIpc) is 2.43. The lowest BCUT2D eigenvalue weighted by molar-refractivity contribution is 0.283. The number of fused-ring (bicyclic) bond motifs is 1. The van der Waals surface area contributed by atoms with Crippen molar-refractivity contribution in [3.63, 3.8) is 0 Å². The first-order valence-corrected chi connectivity index (χ1v) is 8.04. The van der Waals surface area contributed by atoms with Crippen LogP contribution in [0.1, 0.15) is 25.7 Å². The molecule has 0 bridgehead atoms. The van der Waals surface area contributed by atoms with E-state index in [-0.39, 0.29) is 12.2 Å². The molecule has 0 aliphatic carbocycles. The van der Waals surface area contributed by atoms with Crippen LogP contribution in [-0.2, 0) is 0 Å². The van der Waals surface area contributed by atoms with Gasteiger partial charge in [0.05, 0.1) is 0 Å². The molecule has 1 aromatic heterocycles. The molecule has 20 heavy (non-hydrogen) atoms. The second-order valence-electron chi connectivity index (χ2n) is 4.56. The molecule has 0 saturated heterocycles. The number of unbranched alkanes of at least 4 members (excludes halogenated alkanes) is 3. The molecular formula is C15H17ClO3S. The van der Waals surface area contributed by atoms with Gasteiger partial charge in [-0.25, -0.2) is 4.79 Å². The Balaban J connectivity index is 2.05. The van der Waals surface area contributed by atoms with Crippen LogP contribution in [-0.4, -0.2) is 17.5 Å². The highest BCUT2D eigenvalue weighted by molar-refractivity contribution is 7.99. The number of hydrogen-bond acceptors (Lipinski definition) is 4. The van der Waals surface area contributed by atoms with E-state index >= 15 is 0 Å². The molecule has 0 aliphatic heterocycles. The molecule has 2 aromatic rings. The fourth-order valence-corrected chi connectivity index (χ4v) is 3.21. The molecule has 0 unspecified atom stereocenters. The molecule has 0 fully saturated rings. The van der Waals surface area contributed by atoms with Crippen molar-refractivity contribution in [1.82, 2.24) is 0 Å². The second-order valence-corrected chi connectivity index (χ2v) is 6.13. The van der Waals surface area contributed by atoms with Gasteiger partial charge in [0.25, 0.3) is 0 Å². The standard InChI is InChI=1S/C15H17ClO3S/c16-11-5-6-13-12(9-11)14(10-15(18)19-13)20-8-4-2-1-3-7-17/h5-6,9-10,17H,1-4,7-8H2. The SMILES string of the molecule is O=c1cc(SCCCCCCO)c2cc(Cl)ccc2o1. The maximum absolute atomic E-state index is 11.5. The predicted molar refractivity (Wildman–Crippen MR) is 83.8 cm³/mol. The number of benzene rings is 1. The molecular weight excluding hydrogens is 296 g/mol. The fraction of sp³-hybridized carbons (Fsp3) is 0.400. The Hall–Kier alpha value is -0.970. The van der Waals surface area contributed by atoms with Crippen molar-refractivity contribution >= 4 is 34.3 Å². The molecule has 0 aliphatic rings. The van der Waals surface area contributed by atoms with E-state index in [0.29, 0.717) is 10.6 Å². The van der Waals surface area contributed by atoms with E-state index < -0.39 is 0 Å². The highest BCUT2D eigenvalue weighted by Gasteiger charge is 2.06. The van der Waals surface area contributed by atoms with Crippen LogP contribution in [0.2, 0.25) is 5.02 Å². The lowest BCUT2D eigenvalue weighted by Crippen LogP contribution is -1.97. The van der Waals surface area contributed by atoms with Crippen molar-refractivity contribution in [3.05, 3.63) is 39.7 Å². The van der Waals surface area contributed by atoms with Gasteiger partial charge in [-0.15, -0.1) is 11.8 Å². The van der Waals surface area contributed by atoms with Gasteiger partial charge < -0.3 is 9.52 Å². The number of thioether (sulfide) groups is 1. The van der Waals surface area contributed by atoms with Crippen molar-refractivity contribution < 1.29 is 9.52 Å². The third kappa shape index (κ3) is 4.27. The van der Waals surface area contributed by atoms with E-state index in [1.165, 1.54) is 6.07 Å². The number of aliphatic hydroxyl groups is 1. The zero-order valence-electron chi connectivity index (χ0n) is 11.1. The molecule has 108 valence electrons. The number of hydrogen-bond donors (Lipinski definition) is 1. The lowest BCUT2D eigenvalue weighted by atomic mass is 10.2. The van der Waals surface area contributed by atoms with Crippen molar-refractivity contribution in [2.75, 3.05) is 12.4 Å². The minimum Gasteiger partial charge on any atom is -0.423 e. The molecule has 5 heteroatoms. The van der Waals surface area contributed by atoms with Crippen LogP contribution in [0.15, 0.2) is 38.4 Å². The summed E-state index contributed by atoms with van der Waals surface area (Å²) in [6.07, 6.45) is 4.05. The Kier molecular flexibility index (Phi) is 5.95. The summed E-state index contributed by atoms with van der Waals surface area (Å²) in [4.78, 5) is 12.4. The highest BCUT2D eigenvalue weighted by Crippen LogP contribution is 2.29. The molecule has 2 rings (SSSR count). The van der Waals surface area contributed by atoms with Crippen molar-refractivity contribution in [1.29, 1.82) is 0 Å². The molecule has 1 aromatic carbocycles. The van der Waals surface area contributed by atoms with E-state index in [0.717, 1.165) is 41.7 Å². The Labute approximate surface area is 126 Å². The lowest BCUT2D eigenvalue weighted by Gasteiger charge is -2.05. The van der Waals surface area contributed by atoms with Crippen molar-refractivity contribution in [2.45, 2.75) is 30.6 Å². The van der Waals surface area contributed by atoms with E-state index in [1.54, 1.807) is 23.9 Å². The zero-order chi connectivity index (χ0) is 14.4. The molecule has 1 N–H and O–H groups in total. The number of aliphatic hydroxyl groups excluding tert-OH is 1. The molecule has 0 atom stereocenters. The summed E-state index contributed by atoms with van der Waals surface area (Å²) in [5.74, 6) is 0.941. The van der Waals surface area contributed by atoms with E-state index in [1.807, 2.05) is 6.07 Å². The van der Waals surface area contributed by atoms with Crippen LogP contribution < -0.4 is 5.63 Å². The number of rotatable bonds is 7. The van der Waals surface area contributed by atoms with Crippen LogP contribution in [0, 0.1) is 0 Å². The van der Waals surface area contributed by atoms with Crippen LogP contribution >= 0.6 is 23.4 Å². The average molecular weight is 313 g/mol. The third-order valence-corrected chi connectivity index (χ3v) is 4.35. The molecule has 0 amide bonds. The second kappa shape index (κ2) is 7.72. The van der Waals surface area contributed by atoms with Crippen LogP contribution in [0.4, 0.5) is 0 Å². The topological polar surface area (TPSA) is 50.4 Å². The third-order valence-electron chi connectivity index (χ3n) is 2.98. The van der Waals surface area contributed by atoms with Gasteiger partial charge in [-0.2, -0.15) is 0 Å². The van der Waals surface area contributed by atoms with Gasteiger partial charge >= 0.3 is 5.63 Å². The van der Waals surface area contributed by atoms with Gasteiger partial charge in [-0.3, -0.25) is 0 Å². The van der Waals surface area contributed by atoms with Gasteiger partial charge in [-0.1, -0.05) is 24.4 Å². The largest absolute Gasteiger partial charge is 0.423 e. The molecule has 0 radical (unpaired) electrons. The fourth-order valence-electron chi connectivity index (χ4n) is 1.98. The minimum absolute atomic E-state index is 0.260. The van der Waals surface area contributed by atoms with Crippen molar-refractivity contribution in [3.8, 4) is 0 Å². The van der Waals surface area contributed by atoms with Crippen LogP contribution in [0.5, 0.6) is 0 Å². The summed E-state index contributed by atoms with van der Waals surface area (Å²) >= 11 is 7.65. The maximum Gasteiger partial charge on any atom is 0.337 e. The van der Waals surface area contributed by atoms with Crippen LogP contribution in [0.25, 0.3) is 11.0 Å². The molecule has 3 nitrogen and oxygen atoms in total. The summed E-state index contributed by atoms with van der Waals surface area (Å²) in [7, 11) is 0. The monoisotopic (exact) mass is 312 g/mol. The summed E-state index contributed by atoms with van der Waals surface area (Å²) in [6.45, 7) is 0.260. The first-order valence-electron chi connectivity index (χ1n) is 6.68. The quantitative estimate of drug-likeness (QED) is 0.475. The normalized spacial score (nSPS) is 11.1. The summed E-state index contributed by atoms with van der Waals surface area (Å²) in [5, 5.41) is 10.2. The zero-order valence-corrected chi connectivity index (χ0v) is 12.7. The highest BCUT2D eigenvalue weighted by atomic mass is 35.5. The first-order chi connectivity index (χ1) is 9.70. The minimum atomic E-state index is -0.331. The molecule has 1 heterocycles. The van der Waals surface area contributed by atoms with Gasteiger partial charge in [-0.05, 0) is 36.8 Å². The van der Waals surface area contributed by atoms with E-state index in [4.69, 9.17) is 21.1 Å². The van der Waals surface area contributed by atoms with Gasteiger partial charge in [0.2, 0.25) is 0 Å². The predicted octanol–water partition coefficient (Wildman–Crippen LogP) is 4.09. The van der Waals surface area contributed by atoms with Gasteiger partial charge in [0.15, 0.2) is 0 Å². The molecule has 0 saturated carbocycles. The Morgan fingerprint density at radius 1 is 1.15 bits per heavy atom. The van der Waals surface area contributed by atoms with E-state index in [2.05, 4.69) is 0 Å². The number of halogens is 1. The van der Waals surface area contributed by atoms with Gasteiger partial charge in [0, 0.05) is 28.0 Å². The van der Waals surface area contributed by atoms with Crippen molar-refractivity contribution in [2.24, 2.45) is 0 Å². The smallest absolute Gasteiger partial charge is 0.337 e. The summed E-state index contributed by atoms with van der Waals surface area (Å²) < 4.78 is 5.16. The van der Waals surface area contributed by atoms with Gasteiger partial charge in [0.1, 0.15) is 5.58 Å². The Morgan fingerprint density at radius 3 is 2.75 bits per heavy atom.